The molecule has 1 atom stereocenters. The van der Waals surface area contributed by atoms with E-state index in [4.69, 9.17) is 0 Å². The van der Waals surface area contributed by atoms with Crippen molar-refractivity contribution in [3.63, 3.8) is 0 Å². The zero-order chi connectivity index (χ0) is 20.2. The molecule has 0 aliphatic carbocycles. The molecule has 0 bridgehead atoms. The van der Waals surface area contributed by atoms with Crippen LogP contribution in [-0.4, -0.2) is 41.3 Å². The molecule has 1 saturated heterocycles. The molecule has 1 aromatic carbocycles. The van der Waals surface area contributed by atoms with Gasteiger partial charge in [0.1, 0.15) is 0 Å². The van der Waals surface area contributed by atoms with E-state index in [1.807, 2.05) is 35.2 Å². The molecule has 2 aliphatic heterocycles. The fraction of sp³-hybridized carbons (Fsp3) is 0.435. The Kier molecular flexibility index (Phi) is 5.79. The number of piperidine rings is 1. The maximum atomic E-state index is 13.0. The van der Waals surface area contributed by atoms with Crippen LogP contribution in [0.4, 0.5) is 11.5 Å². The maximum Gasteiger partial charge on any atom is 0.226 e. The Morgan fingerprint density at radius 3 is 2.66 bits per heavy atom. The second-order valence-electron chi connectivity index (χ2n) is 7.85. The zero-order valence-electron chi connectivity index (χ0n) is 16.9. The Hall–Kier alpha value is -2.89. The SMILES string of the molecule is CC(=O)N1CCc2ccccc2C1CC(=O)Nc1cccnc1N1CCCCC1. The predicted molar refractivity (Wildman–Crippen MR) is 114 cm³/mol. The fourth-order valence-corrected chi connectivity index (χ4v) is 4.48. The number of nitrogens with zero attached hydrogens (tertiary/aromatic N) is 3. The number of carbonyl (C=O) groups excluding carboxylic acids is 2. The van der Waals surface area contributed by atoms with E-state index in [9.17, 15) is 9.59 Å². The third kappa shape index (κ3) is 4.26. The van der Waals surface area contributed by atoms with Crippen molar-refractivity contribution in [2.75, 3.05) is 29.9 Å². The molecule has 3 heterocycles. The van der Waals surface area contributed by atoms with Gasteiger partial charge in [0.25, 0.3) is 0 Å². The van der Waals surface area contributed by atoms with Gasteiger partial charge in [-0.3, -0.25) is 9.59 Å². The Balaban J connectivity index is 1.53. The van der Waals surface area contributed by atoms with Crippen LogP contribution in [-0.2, 0) is 16.0 Å². The topological polar surface area (TPSA) is 65.5 Å². The first-order valence-electron chi connectivity index (χ1n) is 10.5. The largest absolute Gasteiger partial charge is 0.355 e. The second-order valence-corrected chi connectivity index (χ2v) is 7.85. The summed E-state index contributed by atoms with van der Waals surface area (Å²) in [5.74, 6) is 0.755. The lowest BCUT2D eigenvalue weighted by Gasteiger charge is -2.36. The van der Waals surface area contributed by atoms with Gasteiger partial charge in [-0.05, 0) is 48.9 Å². The first kappa shape index (κ1) is 19.4. The average molecular weight is 393 g/mol. The first-order valence-corrected chi connectivity index (χ1v) is 10.5. The van der Waals surface area contributed by atoms with Gasteiger partial charge in [-0.25, -0.2) is 4.98 Å². The van der Waals surface area contributed by atoms with E-state index < -0.39 is 0 Å². The predicted octanol–water partition coefficient (Wildman–Crippen LogP) is 3.55. The summed E-state index contributed by atoms with van der Waals surface area (Å²) < 4.78 is 0. The van der Waals surface area contributed by atoms with Gasteiger partial charge in [-0.2, -0.15) is 0 Å². The lowest BCUT2D eigenvalue weighted by molar-refractivity contribution is -0.132. The van der Waals surface area contributed by atoms with E-state index in [0.717, 1.165) is 49.4 Å². The van der Waals surface area contributed by atoms with E-state index in [0.29, 0.717) is 6.54 Å². The Morgan fingerprint density at radius 2 is 1.86 bits per heavy atom. The van der Waals surface area contributed by atoms with Crippen molar-refractivity contribution in [2.24, 2.45) is 0 Å². The number of benzene rings is 1. The minimum atomic E-state index is -0.229. The number of rotatable bonds is 4. The second kappa shape index (κ2) is 8.64. The molecular weight excluding hydrogens is 364 g/mol. The van der Waals surface area contributed by atoms with E-state index in [-0.39, 0.29) is 24.3 Å². The lowest BCUT2D eigenvalue weighted by atomic mass is 9.90. The molecule has 4 rings (SSSR count). The summed E-state index contributed by atoms with van der Waals surface area (Å²) in [7, 11) is 0. The van der Waals surface area contributed by atoms with Crippen LogP contribution in [0.15, 0.2) is 42.6 Å². The molecule has 6 heteroatoms. The molecule has 2 aromatic rings. The quantitative estimate of drug-likeness (QED) is 0.864. The highest BCUT2D eigenvalue weighted by Gasteiger charge is 2.31. The Bertz CT molecular complexity index is 892. The lowest BCUT2D eigenvalue weighted by Crippen LogP contribution is -2.40. The highest BCUT2D eigenvalue weighted by molar-refractivity contribution is 5.94. The van der Waals surface area contributed by atoms with Crippen molar-refractivity contribution >= 4 is 23.3 Å². The number of hydrogen-bond donors (Lipinski definition) is 1. The minimum Gasteiger partial charge on any atom is -0.355 e. The number of amides is 2. The standard InChI is InChI=1S/C23H28N4O2/c1-17(28)27-15-11-18-8-3-4-9-19(18)21(27)16-22(29)25-20-10-7-12-24-23(20)26-13-5-2-6-14-26/h3-4,7-10,12,21H,2,5-6,11,13-16H2,1H3,(H,25,29). The van der Waals surface area contributed by atoms with Crippen molar-refractivity contribution in [3.8, 4) is 0 Å². The number of pyridine rings is 1. The summed E-state index contributed by atoms with van der Waals surface area (Å²) in [5.41, 5.74) is 3.04. The average Bonchev–Trinajstić information content (AvgIpc) is 2.75. The molecule has 29 heavy (non-hydrogen) atoms. The highest BCUT2D eigenvalue weighted by Crippen LogP contribution is 2.33. The van der Waals surface area contributed by atoms with Crippen LogP contribution in [0.2, 0.25) is 0 Å². The van der Waals surface area contributed by atoms with E-state index in [1.54, 1.807) is 13.1 Å². The first-order chi connectivity index (χ1) is 14.1. The van der Waals surface area contributed by atoms with Crippen LogP contribution in [0.5, 0.6) is 0 Å². The fourth-order valence-electron chi connectivity index (χ4n) is 4.48. The van der Waals surface area contributed by atoms with Crippen LogP contribution in [0.3, 0.4) is 0 Å². The third-order valence-corrected chi connectivity index (χ3v) is 5.91. The van der Waals surface area contributed by atoms with Crippen molar-refractivity contribution < 1.29 is 9.59 Å². The summed E-state index contributed by atoms with van der Waals surface area (Å²) in [4.78, 5) is 33.8. The monoisotopic (exact) mass is 392 g/mol. The van der Waals surface area contributed by atoms with Gasteiger partial charge in [-0.1, -0.05) is 24.3 Å². The normalized spacial score (nSPS) is 18.9. The zero-order valence-corrected chi connectivity index (χ0v) is 16.9. The van der Waals surface area contributed by atoms with Gasteiger partial charge in [-0.15, -0.1) is 0 Å². The van der Waals surface area contributed by atoms with Gasteiger partial charge in [0.15, 0.2) is 5.82 Å². The van der Waals surface area contributed by atoms with Gasteiger partial charge in [0, 0.05) is 32.8 Å². The smallest absolute Gasteiger partial charge is 0.226 e. The maximum absolute atomic E-state index is 13.0. The number of nitrogens with one attached hydrogen (secondary N) is 1. The summed E-state index contributed by atoms with van der Waals surface area (Å²) >= 11 is 0. The summed E-state index contributed by atoms with van der Waals surface area (Å²) in [6, 6.07) is 11.6. The van der Waals surface area contributed by atoms with Gasteiger partial charge >= 0.3 is 0 Å². The van der Waals surface area contributed by atoms with E-state index in [2.05, 4.69) is 21.3 Å². The van der Waals surface area contributed by atoms with Crippen molar-refractivity contribution in [2.45, 2.75) is 45.1 Å². The molecule has 1 N–H and O–H groups in total. The van der Waals surface area contributed by atoms with Crippen molar-refractivity contribution in [1.29, 1.82) is 0 Å². The molecule has 152 valence electrons. The number of fused-ring (bicyclic) bond motifs is 1. The van der Waals surface area contributed by atoms with Crippen LogP contribution in [0, 0.1) is 0 Å². The molecule has 1 aromatic heterocycles. The van der Waals surface area contributed by atoms with Crippen molar-refractivity contribution in [1.82, 2.24) is 9.88 Å². The number of carbonyl (C=O) groups is 2. The van der Waals surface area contributed by atoms with Gasteiger partial charge in [0.05, 0.1) is 18.2 Å². The molecule has 6 nitrogen and oxygen atoms in total. The van der Waals surface area contributed by atoms with E-state index in [1.165, 1.54) is 12.0 Å². The summed E-state index contributed by atoms with van der Waals surface area (Å²) in [6.07, 6.45) is 6.38. The molecule has 2 amide bonds. The van der Waals surface area contributed by atoms with E-state index >= 15 is 0 Å². The van der Waals surface area contributed by atoms with Crippen LogP contribution < -0.4 is 10.2 Å². The molecule has 1 unspecified atom stereocenters. The number of anilines is 2. The van der Waals surface area contributed by atoms with Crippen molar-refractivity contribution in [3.05, 3.63) is 53.7 Å². The Morgan fingerprint density at radius 1 is 1.07 bits per heavy atom. The molecule has 1 fully saturated rings. The van der Waals surface area contributed by atoms with Crippen LogP contribution in [0.25, 0.3) is 0 Å². The molecule has 0 saturated carbocycles. The van der Waals surface area contributed by atoms with Gasteiger partial charge < -0.3 is 15.1 Å². The molecule has 0 spiro atoms. The number of aromatic nitrogens is 1. The molecule has 0 radical (unpaired) electrons. The third-order valence-electron chi connectivity index (χ3n) is 5.91. The highest BCUT2D eigenvalue weighted by atomic mass is 16.2. The Labute approximate surface area is 171 Å². The minimum absolute atomic E-state index is 0.00712. The summed E-state index contributed by atoms with van der Waals surface area (Å²) in [6.45, 7) is 4.16. The molecular formula is C23H28N4O2. The van der Waals surface area contributed by atoms with Gasteiger partial charge in [0.2, 0.25) is 11.8 Å². The summed E-state index contributed by atoms with van der Waals surface area (Å²) in [5, 5.41) is 3.06. The number of hydrogen-bond acceptors (Lipinski definition) is 4. The van der Waals surface area contributed by atoms with Crippen LogP contribution in [0.1, 0.15) is 49.8 Å². The molecule has 2 aliphatic rings. The van der Waals surface area contributed by atoms with Crippen LogP contribution >= 0.6 is 0 Å².